The summed E-state index contributed by atoms with van der Waals surface area (Å²) in [5, 5.41) is 0. The van der Waals surface area contributed by atoms with E-state index in [-0.39, 0.29) is 0 Å². The van der Waals surface area contributed by atoms with E-state index in [4.69, 9.17) is 18.0 Å². The molecule has 0 atom stereocenters. The molecule has 0 bridgehead atoms. The topological polar surface area (TPSA) is 43.8 Å². The third-order valence-electron chi connectivity index (χ3n) is 2.74. The van der Waals surface area contributed by atoms with Crippen LogP contribution in [0.1, 0.15) is 23.9 Å². The molecule has 3 nitrogen and oxygen atoms in total. The number of hydrogen-bond acceptors (Lipinski definition) is 2. The van der Waals surface area contributed by atoms with Gasteiger partial charge in [-0.05, 0) is 5.56 Å². The van der Waals surface area contributed by atoms with Crippen LogP contribution in [0.15, 0.2) is 36.7 Å². The highest BCUT2D eigenvalue weighted by Crippen LogP contribution is 2.12. The molecule has 0 spiro atoms. The summed E-state index contributed by atoms with van der Waals surface area (Å²) in [7, 11) is 0. The van der Waals surface area contributed by atoms with Gasteiger partial charge in [-0.1, -0.05) is 43.4 Å². The molecular formula is C13H15N3S. The van der Waals surface area contributed by atoms with Gasteiger partial charge in [0.15, 0.2) is 0 Å². The van der Waals surface area contributed by atoms with Crippen LogP contribution in [0.5, 0.6) is 0 Å². The Bertz CT molecular complexity index is 531. The molecule has 2 N–H and O–H groups in total. The minimum Gasteiger partial charge on any atom is -0.389 e. The van der Waals surface area contributed by atoms with Crippen molar-refractivity contribution < 1.29 is 0 Å². The molecule has 4 heteroatoms. The number of aryl methyl sites for hydroxylation is 1. The highest BCUT2D eigenvalue weighted by atomic mass is 32.1. The summed E-state index contributed by atoms with van der Waals surface area (Å²) in [6.07, 6.45) is 4.72. The van der Waals surface area contributed by atoms with Crippen LogP contribution in [-0.2, 0) is 13.0 Å². The molecule has 0 fully saturated rings. The van der Waals surface area contributed by atoms with Crippen molar-refractivity contribution >= 4 is 17.2 Å². The van der Waals surface area contributed by atoms with Crippen LogP contribution in [-0.4, -0.2) is 14.5 Å². The van der Waals surface area contributed by atoms with Gasteiger partial charge in [0.1, 0.15) is 10.8 Å². The van der Waals surface area contributed by atoms with E-state index >= 15 is 0 Å². The molecule has 0 unspecified atom stereocenters. The van der Waals surface area contributed by atoms with E-state index in [0.29, 0.717) is 4.99 Å². The minimum atomic E-state index is 0.443. The van der Waals surface area contributed by atoms with E-state index in [1.165, 1.54) is 0 Å². The molecule has 0 amide bonds. The summed E-state index contributed by atoms with van der Waals surface area (Å²) in [6, 6.07) is 7.96. The predicted molar refractivity (Wildman–Crippen MR) is 73.0 cm³/mol. The predicted octanol–water partition coefficient (Wildman–Crippen LogP) is 2.13. The van der Waals surface area contributed by atoms with Gasteiger partial charge in [0.25, 0.3) is 0 Å². The first kappa shape index (κ1) is 11.8. The van der Waals surface area contributed by atoms with Crippen LogP contribution in [0.25, 0.3) is 0 Å². The van der Waals surface area contributed by atoms with Crippen molar-refractivity contribution in [3.63, 3.8) is 0 Å². The normalized spacial score (nSPS) is 10.4. The quantitative estimate of drug-likeness (QED) is 0.839. The smallest absolute Gasteiger partial charge is 0.108 e. The Morgan fingerprint density at radius 1 is 1.41 bits per heavy atom. The van der Waals surface area contributed by atoms with Crippen LogP contribution >= 0.6 is 12.2 Å². The van der Waals surface area contributed by atoms with Crippen LogP contribution in [0, 0.1) is 0 Å². The van der Waals surface area contributed by atoms with E-state index in [2.05, 4.69) is 16.5 Å². The van der Waals surface area contributed by atoms with Gasteiger partial charge in [0, 0.05) is 30.9 Å². The van der Waals surface area contributed by atoms with Crippen molar-refractivity contribution in [1.82, 2.24) is 9.55 Å². The standard InChI is InChI=1S/C13H15N3S/c1-2-12-15-7-8-16(12)9-10-5-3-4-6-11(10)13(14)17/h3-8H,2,9H2,1H3,(H2,14,17). The molecule has 2 rings (SSSR count). The van der Waals surface area contributed by atoms with Gasteiger partial charge in [-0.15, -0.1) is 0 Å². The number of rotatable bonds is 4. The monoisotopic (exact) mass is 245 g/mol. The van der Waals surface area contributed by atoms with Gasteiger partial charge in [0.05, 0.1) is 0 Å². The summed E-state index contributed by atoms with van der Waals surface area (Å²) in [4.78, 5) is 4.75. The van der Waals surface area contributed by atoms with E-state index in [9.17, 15) is 0 Å². The molecule has 2 aromatic rings. The zero-order valence-corrected chi connectivity index (χ0v) is 10.6. The van der Waals surface area contributed by atoms with Crippen molar-refractivity contribution in [2.24, 2.45) is 5.73 Å². The summed E-state index contributed by atoms with van der Waals surface area (Å²) in [5.41, 5.74) is 7.80. The van der Waals surface area contributed by atoms with Gasteiger partial charge < -0.3 is 10.3 Å². The number of thiocarbonyl (C=S) groups is 1. The van der Waals surface area contributed by atoms with E-state index in [1.54, 1.807) is 0 Å². The second-order valence-corrected chi connectivity index (χ2v) is 4.29. The van der Waals surface area contributed by atoms with Gasteiger partial charge in [-0.3, -0.25) is 0 Å². The molecule has 1 heterocycles. The van der Waals surface area contributed by atoms with Crippen molar-refractivity contribution in [3.05, 3.63) is 53.6 Å². The van der Waals surface area contributed by atoms with Crippen LogP contribution in [0.2, 0.25) is 0 Å². The van der Waals surface area contributed by atoms with Crippen LogP contribution in [0.3, 0.4) is 0 Å². The Kier molecular flexibility index (Phi) is 3.54. The maximum absolute atomic E-state index is 5.72. The largest absolute Gasteiger partial charge is 0.389 e. The van der Waals surface area contributed by atoms with E-state index < -0.39 is 0 Å². The molecule has 17 heavy (non-hydrogen) atoms. The van der Waals surface area contributed by atoms with E-state index in [0.717, 1.165) is 29.9 Å². The maximum atomic E-state index is 5.72. The number of aromatic nitrogens is 2. The second-order valence-electron chi connectivity index (χ2n) is 3.85. The Morgan fingerprint density at radius 3 is 2.88 bits per heavy atom. The molecule has 1 aromatic heterocycles. The first-order valence-corrected chi connectivity index (χ1v) is 6.01. The van der Waals surface area contributed by atoms with E-state index in [1.807, 2.05) is 36.7 Å². The third-order valence-corrected chi connectivity index (χ3v) is 2.96. The average Bonchev–Trinajstić information content (AvgIpc) is 2.77. The second kappa shape index (κ2) is 5.10. The molecule has 0 aliphatic heterocycles. The van der Waals surface area contributed by atoms with Crippen molar-refractivity contribution in [1.29, 1.82) is 0 Å². The Labute approximate surface area is 106 Å². The molecular weight excluding hydrogens is 230 g/mol. The molecule has 0 aliphatic rings. The minimum absolute atomic E-state index is 0.443. The van der Waals surface area contributed by atoms with Crippen LogP contribution < -0.4 is 5.73 Å². The molecule has 0 saturated heterocycles. The lowest BCUT2D eigenvalue weighted by molar-refractivity contribution is 0.731. The lowest BCUT2D eigenvalue weighted by Crippen LogP contribution is -2.14. The number of imidazole rings is 1. The van der Waals surface area contributed by atoms with Crippen molar-refractivity contribution in [2.45, 2.75) is 19.9 Å². The number of nitrogens with zero attached hydrogens (tertiary/aromatic N) is 2. The summed E-state index contributed by atoms with van der Waals surface area (Å²) in [6.45, 7) is 2.86. The zero-order chi connectivity index (χ0) is 12.3. The van der Waals surface area contributed by atoms with Gasteiger partial charge in [0.2, 0.25) is 0 Å². The van der Waals surface area contributed by atoms with Crippen LogP contribution in [0.4, 0.5) is 0 Å². The fourth-order valence-corrected chi connectivity index (χ4v) is 2.08. The Morgan fingerprint density at radius 2 is 2.18 bits per heavy atom. The zero-order valence-electron chi connectivity index (χ0n) is 9.76. The van der Waals surface area contributed by atoms with Crippen molar-refractivity contribution in [2.75, 3.05) is 0 Å². The number of nitrogens with two attached hydrogens (primary N) is 1. The maximum Gasteiger partial charge on any atom is 0.108 e. The first-order chi connectivity index (χ1) is 8.22. The fourth-order valence-electron chi connectivity index (χ4n) is 1.88. The Balaban J connectivity index is 2.33. The van der Waals surface area contributed by atoms with Gasteiger partial charge in [-0.2, -0.15) is 0 Å². The summed E-state index contributed by atoms with van der Waals surface area (Å²) < 4.78 is 2.12. The average molecular weight is 245 g/mol. The molecule has 0 aliphatic carbocycles. The lowest BCUT2D eigenvalue weighted by atomic mass is 10.1. The first-order valence-electron chi connectivity index (χ1n) is 5.60. The highest BCUT2D eigenvalue weighted by Gasteiger charge is 2.06. The van der Waals surface area contributed by atoms with Gasteiger partial charge >= 0.3 is 0 Å². The number of hydrogen-bond donors (Lipinski definition) is 1. The van der Waals surface area contributed by atoms with Crippen molar-refractivity contribution in [3.8, 4) is 0 Å². The third kappa shape index (κ3) is 2.53. The van der Waals surface area contributed by atoms with Gasteiger partial charge in [-0.25, -0.2) is 4.98 Å². The summed E-state index contributed by atoms with van der Waals surface area (Å²) in [5.74, 6) is 1.07. The molecule has 0 saturated carbocycles. The highest BCUT2D eigenvalue weighted by molar-refractivity contribution is 7.80. The fraction of sp³-hybridized carbons (Fsp3) is 0.231. The summed E-state index contributed by atoms with van der Waals surface area (Å²) >= 11 is 5.06. The molecule has 88 valence electrons. The molecule has 0 radical (unpaired) electrons. The lowest BCUT2D eigenvalue weighted by Gasteiger charge is -2.10. The molecule has 1 aromatic carbocycles. The number of benzene rings is 1. The SMILES string of the molecule is CCc1nccn1Cc1ccccc1C(N)=S. The Hall–Kier alpha value is -1.68.